The molecular formula is C21H23NO2. The van der Waals surface area contributed by atoms with Crippen LogP contribution in [0, 0.1) is 13.8 Å². The fourth-order valence-electron chi connectivity index (χ4n) is 3.28. The van der Waals surface area contributed by atoms with Crippen LogP contribution in [0.15, 0.2) is 36.4 Å². The van der Waals surface area contributed by atoms with Crippen molar-refractivity contribution in [3.63, 3.8) is 0 Å². The Labute approximate surface area is 142 Å². The predicted octanol–water partition coefficient (Wildman–Crippen LogP) is 5.20. The van der Waals surface area contributed by atoms with Gasteiger partial charge in [-0.05, 0) is 48.6 Å². The molecule has 3 rings (SSSR count). The summed E-state index contributed by atoms with van der Waals surface area (Å²) >= 11 is 0. The van der Waals surface area contributed by atoms with Crippen molar-refractivity contribution < 1.29 is 9.90 Å². The molecule has 0 unspecified atom stereocenters. The maximum absolute atomic E-state index is 11.4. The summed E-state index contributed by atoms with van der Waals surface area (Å²) in [5.74, 6) is -0.400. The molecule has 1 aromatic heterocycles. The van der Waals surface area contributed by atoms with E-state index >= 15 is 0 Å². The van der Waals surface area contributed by atoms with Gasteiger partial charge in [-0.2, -0.15) is 0 Å². The molecule has 0 aliphatic rings. The molecule has 1 heterocycles. The van der Waals surface area contributed by atoms with Gasteiger partial charge in [-0.15, -0.1) is 0 Å². The van der Waals surface area contributed by atoms with Crippen LogP contribution in [0.2, 0.25) is 0 Å². The van der Waals surface area contributed by atoms with Crippen LogP contribution in [-0.4, -0.2) is 16.1 Å². The standard InChI is InChI=1S/C21H23NO2/c1-12(2)15-6-8-19-17(10-15)18(11-20(23)24)21(22-19)16-7-5-13(3)9-14(16)4/h5-10,12,22H,11H2,1-4H3,(H,23,24). The Bertz CT molecular complexity index is 919. The van der Waals surface area contributed by atoms with Crippen LogP contribution < -0.4 is 0 Å². The second kappa shape index (κ2) is 6.16. The van der Waals surface area contributed by atoms with E-state index in [2.05, 4.69) is 69.1 Å². The number of aromatic nitrogens is 1. The number of carboxylic acid groups (broad SMARTS) is 1. The molecule has 3 nitrogen and oxygen atoms in total. The molecule has 0 amide bonds. The molecule has 0 atom stereocenters. The van der Waals surface area contributed by atoms with E-state index in [-0.39, 0.29) is 6.42 Å². The smallest absolute Gasteiger partial charge is 0.307 e. The van der Waals surface area contributed by atoms with E-state index in [1.807, 2.05) is 0 Å². The number of benzene rings is 2. The third-order valence-corrected chi connectivity index (χ3v) is 4.58. The van der Waals surface area contributed by atoms with Gasteiger partial charge >= 0.3 is 5.97 Å². The minimum Gasteiger partial charge on any atom is -0.481 e. The van der Waals surface area contributed by atoms with Crippen molar-refractivity contribution in [3.8, 4) is 11.3 Å². The first-order valence-corrected chi connectivity index (χ1v) is 8.30. The first-order valence-electron chi connectivity index (χ1n) is 8.30. The maximum atomic E-state index is 11.4. The van der Waals surface area contributed by atoms with Crippen molar-refractivity contribution in [2.75, 3.05) is 0 Å². The van der Waals surface area contributed by atoms with Crippen molar-refractivity contribution in [2.45, 2.75) is 40.0 Å². The molecule has 0 spiro atoms. The van der Waals surface area contributed by atoms with Gasteiger partial charge in [0.2, 0.25) is 0 Å². The zero-order valence-corrected chi connectivity index (χ0v) is 14.6. The molecule has 124 valence electrons. The first kappa shape index (κ1) is 16.3. The van der Waals surface area contributed by atoms with Crippen molar-refractivity contribution in [3.05, 3.63) is 58.7 Å². The Morgan fingerprint density at radius 2 is 1.88 bits per heavy atom. The molecule has 0 saturated carbocycles. The molecule has 3 heteroatoms. The Hall–Kier alpha value is -2.55. The second-order valence-corrected chi connectivity index (χ2v) is 6.83. The van der Waals surface area contributed by atoms with Gasteiger partial charge in [0, 0.05) is 16.5 Å². The number of hydrogen-bond donors (Lipinski definition) is 2. The normalized spacial score (nSPS) is 11.4. The molecular weight excluding hydrogens is 298 g/mol. The highest BCUT2D eigenvalue weighted by atomic mass is 16.4. The van der Waals surface area contributed by atoms with E-state index in [0.717, 1.165) is 33.3 Å². The van der Waals surface area contributed by atoms with Gasteiger partial charge in [0.25, 0.3) is 0 Å². The molecule has 0 fully saturated rings. The second-order valence-electron chi connectivity index (χ2n) is 6.83. The summed E-state index contributed by atoms with van der Waals surface area (Å²) in [6.07, 6.45) is 0.0181. The third-order valence-electron chi connectivity index (χ3n) is 4.58. The lowest BCUT2D eigenvalue weighted by atomic mass is 9.96. The summed E-state index contributed by atoms with van der Waals surface area (Å²) in [6.45, 7) is 8.43. The summed E-state index contributed by atoms with van der Waals surface area (Å²) < 4.78 is 0. The van der Waals surface area contributed by atoms with Crippen LogP contribution in [0.4, 0.5) is 0 Å². The molecule has 0 radical (unpaired) electrons. The number of aromatic amines is 1. The number of aryl methyl sites for hydroxylation is 2. The van der Waals surface area contributed by atoms with Gasteiger partial charge in [-0.3, -0.25) is 4.79 Å². The molecule has 0 aliphatic carbocycles. The van der Waals surface area contributed by atoms with Gasteiger partial charge in [0.1, 0.15) is 0 Å². The minimum absolute atomic E-state index is 0.0181. The number of rotatable bonds is 4. The van der Waals surface area contributed by atoms with Crippen molar-refractivity contribution in [2.24, 2.45) is 0 Å². The van der Waals surface area contributed by atoms with Crippen molar-refractivity contribution in [1.82, 2.24) is 4.98 Å². The quantitative estimate of drug-likeness (QED) is 0.693. The number of carbonyl (C=O) groups is 1. The largest absolute Gasteiger partial charge is 0.481 e. The predicted molar refractivity (Wildman–Crippen MR) is 98.6 cm³/mol. The highest BCUT2D eigenvalue weighted by Gasteiger charge is 2.18. The summed E-state index contributed by atoms with van der Waals surface area (Å²) in [4.78, 5) is 14.9. The Balaban J connectivity index is 2.28. The molecule has 3 aromatic rings. The zero-order valence-electron chi connectivity index (χ0n) is 14.6. The summed E-state index contributed by atoms with van der Waals surface area (Å²) in [6, 6.07) is 12.6. The van der Waals surface area contributed by atoms with E-state index in [9.17, 15) is 9.90 Å². The number of fused-ring (bicyclic) bond motifs is 1. The average molecular weight is 321 g/mol. The van der Waals surface area contributed by atoms with E-state index in [1.54, 1.807) is 0 Å². The monoisotopic (exact) mass is 321 g/mol. The number of carboxylic acids is 1. The van der Waals surface area contributed by atoms with E-state index < -0.39 is 5.97 Å². The lowest BCUT2D eigenvalue weighted by Gasteiger charge is -2.08. The van der Waals surface area contributed by atoms with Gasteiger partial charge < -0.3 is 10.1 Å². The fourth-order valence-corrected chi connectivity index (χ4v) is 3.28. The SMILES string of the molecule is Cc1ccc(-c2[nH]c3ccc(C(C)C)cc3c2CC(=O)O)c(C)c1. The molecule has 2 N–H and O–H groups in total. The topological polar surface area (TPSA) is 53.1 Å². The Kier molecular flexibility index (Phi) is 4.18. The zero-order chi connectivity index (χ0) is 17.4. The van der Waals surface area contributed by atoms with Crippen LogP contribution in [0.5, 0.6) is 0 Å². The van der Waals surface area contributed by atoms with Crippen molar-refractivity contribution >= 4 is 16.9 Å². The Morgan fingerprint density at radius 3 is 2.50 bits per heavy atom. The highest BCUT2D eigenvalue weighted by Crippen LogP contribution is 2.34. The van der Waals surface area contributed by atoms with Crippen LogP contribution in [-0.2, 0) is 11.2 Å². The van der Waals surface area contributed by atoms with Gasteiger partial charge in [-0.1, -0.05) is 43.7 Å². The van der Waals surface area contributed by atoms with Gasteiger partial charge in [-0.25, -0.2) is 0 Å². The van der Waals surface area contributed by atoms with Crippen LogP contribution in [0.25, 0.3) is 22.2 Å². The average Bonchev–Trinajstić information content (AvgIpc) is 2.84. The van der Waals surface area contributed by atoms with Crippen LogP contribution >= 0.6 is 0 Å². The number of aliphatic carboxylic acids is 1. The highest BCUT2D eigenvalue weighted by molar-refractivity contribution is 5.94. The van der Waals surface area contributed by atoms with Crippen molar-refractivity contribution in [1.29, 1.82) is 0 Å². The lowest BCUT2D eigenvalue weighted by molar-refractivity contribution is -0.136. The van der Waals surface area contributed by atoms with Crippen LogP contribution in [0.3, 0.4) is 0 Å². The lowest BCUT2D eigenvalue weighted by Crippen LogP contribution is -2.01. The number of hydrogen-bond acceptors (Lipinski definition) is 1. The molecule has 24 heavy (non-hydrogen) atoms. The maximum Gasteiger partial charge on any atom is 0.307 e. The summed E-state index contributed by atoms with van der Waals surface area (Å²) in [5, 5.41) is 10.4. The van der Waals surface area contributed by atoms with Gasteiger partial charge in [0.05, 0.1) is 12.1 Å². The fraction of sp³-hybridized carbons (Fsp3) is 0.286. The number of nitrogens with one attached hydrogen (secondary N) is 1. The van der Waals surface area contributed by atoms with Crippen LogP contribution in [0.1, 0.15) is 42.0 Å². The molecule has 0 bridgehead atoms. The van der Waals surface area contributed by atoms with E-state index in [4.69, 9.17) is 0 Å². The van der Waals surface area contributed by atoms with E-state index in [1.165, 1.54) is 11.1 Å². The summed E-state index contributed by atoms with van der Waals surface area (Å²) in [7, 11) is 0. The Morgan fingerprint density at radius 1 is 1.12 bits per heavy atom. The molecule has 0 aliphatic heterocycles. The van der Waals surface area contributed by atoms with E-state index in [0.29, 0.717) is 5.92 Å². The first-order chi connectivity index (χ1) is 11.4. The number of H-pyrrole nitrogens is 1. The minimum atomic E-state index is -0.808. The third kappa shape index (κ3) is 2.94. The molecule has 2 aromatic carbocycles. The summed E-state index contributed by atoms with van der Waals surface area (Å²) in [5.41, 5.74) is 7.43. The van der Waals surface area contributed by atoms with Gasteiger partial charge in [0.15, 0.2) is 0 Å². The molecule has 0 saturated heterocycles.